The minimum atomic E-state index is 0.822. The predicted molar refractivity (Wildman–Crippen MR) is 79.2 cm³/mol. The van der Waals surface area contributed by atoms with Gasteiger partial charge in [0.05, 0.1) is 12.2 Å². The summed E-state index contributed by atoms with van der Waals surface area (Å²) in [5.74, 6) is 2.92. The van der Waals surface area contributed by atoms with Gasteiger partial charge in [-0.25, -0.2) is 0 Å². The summed E-state index contributed by atoms with van der Waals surface area (Å²) in [5.41, 5.74) is 1.03. The molecule has 0 saturated heterocycles. The van der Waals surface area contributed by atoms with Crippen LogP contribution in [-0.4, -0.2) is 29.7 Å². The highest BCUT2D eigenvalue weighted by molar-refractivity contribution is 5.05. The lowest BCUT2D eigenvalue weighted by Gasteiger charge is -2.20. The summed E-state index contributed by atoms with van der Waals surface area (Å²) in [4.78, 5) is 2.58. The van der Waals surface area contributed by atoms with Gasteiger partial charge in [0.25, 0.3) is 0 Å². The normalized spacial score (nSPS) is 18.9. The van der Waals surface area contributed by atoms with Gasteiger partial charge in [0.2, 0.25) is 0 Å². The summed E-state index contributed by atoms with van der Waals surface area (Å²) in [6.07, 6.45) is 6.84. The monoisotopic (exact) mass is 277 g/mol. The van der Waals surface area contributed by atoms with Crippen LogP contribution in [0.15, 0.2) is 10.6 Å². The third-order valence-corrected chi connectivity index (χ3v) is 4.15. The van der Waals surface area contributed by atoms with Crippen LogP contribution in [0.5, 0.6) is 0 Å². The molecule has 0 bridgehead atoms. The molecular formula is C16H27N3O. The average molecular weight is 277 g/mol. The number of nitrogens with one attached hydrogen (secondary N) is 1. The topological polar surface area (TPSA) is 41.3 Å². The maximum atomic E-state index is 5.50. The molecule has 0 aliphatic heterocycles. The van der Waals surface area contributed by atoms with Crippen LogP contribution in [0.25, 0.3) is 0 Å². The molecule has 3 rings (SSSR count). The van der Waals surface area contributed by atoms with Crippen molar-refractivity contribution in [1.29, 1.82) is 0 Å². The molecule has 1 heterocycles. The maximum absolute atomic E-state index is 5.50. The van der Waals surface area contributed by atoms with Crippen LogP contribution in [0.1, 0.15) is 50.5 Å². The Morgan fingerprint density at radius 3 is 2.55 bits per heavy atom. The Hall–Kier alpha value is -0.870. The molecule has 20 heavy (non-hydrogen) atoms. The second-order valence-electron chi connectivity index (χ2n) is 6.54. The minimum Gasteiger partial charge on any atom is -0.360 e. The van der Waals surface area contributed by atoms with E-state index in [1.54, 1.807) is 0 Å². The van der Waals surface area contributed by atoms with Gasteiger partial charge in [-0.2, -0.15) is 0 Å². The van der Waals surface area contributed by atoms with Gasteiger partial charge in [-0.15, -0.1) is 0 Å². The summed E-state index contributed by atoms with van der Waals surface area (Å²) in [5, 5.41) is 7.53. The molecule has 0 aromatic carbocycles. The van der Waals surface area contributed by atoms with Crippen LogP contribution in [0.4, 0.5) is 0 Å². The molecule has 1 aromatic heterocycles. The molecule has 0 unspecified atom stereocenters. The second kappa shape index (κ2) is 6.72. The van der Waals surface area contributed by atoms with E-state index in [1.807, 2.05) is 0 Å². The van der Waals surface area contributed by atoms with E-state index in [0.717, 1.165) is 49.3 Å². The lowest BCUT2D eigenvalue weighted by atomic mass is 10.2. The standard InChI is InChI=1S/C16H27N3O/c1-2-7-17-9-15-8-16(20-18-15)12-19(10-13-3-4-13)11-14-5-6-14/h8,13-14,17H,2-7,9-12H2,1H3. The van der Waals surface area contributed by atoms with Crippen LogP contribution in [0, 0.1) is 11.8 Å². The predicted octanol–water partition coefficient (Wildman–Crippen LogP) is 2.80. The van der Waals surface area contributed by atoms with E-state index in [1.165, 1.54) is 38.8 Å². The lowest BCUT2D eigenvalue weighted by molar-refractivity contribution is 0.214. The third kappa shape index (κ3) is 4.60. The number of aromatic nitrogens is 1. The van der Waals surface area contributed by atoms with Crippen LogP contribution in [0.2, 0.25) is 0 Å². The van der Waals surface area contributed by atoms with E-state index in [4.69, 9.17) is 4.52 Å². The molecule has 2 aliphatic rings. The molecule has 2 saturated carbocycles. The highest BCUT2D eigenvalue weighted by Crippen LogP contribution is 2.34. The fraction of sp³-hybridized carbons (Fsp3) is 0.812. The van der Waals surface area contributed by atoms with Crippen molar-refractivity contribution in [2.24, 2.45) is 11.8 Å². The number of hydrogen-bond acceptors (Lipinski definition) is 4. The van der Waals surface area contributed by atoms with Gasteiger partial charge in [0.15, 0.2) is 5.76 Å². The summed E-state index contributed by atoms with van der Waals surface area (Å²) < 4.78 is 5.50. The summed E-state index contributed by atoms with van der Waals surface area (Å²) >= 11 is 0. The van der Waals surface area contributed by atoms with Crippen LogP contribution in [0.3, 0.4) is 0 Å². The molecule has 1 N–H and O–H groups in total. The van der Waals surface area contributed by atoms with Crippen molar-refractivity contribution in [3.63, 3.8) is 0 Å². The first-order chi connectivity index (χ1) is 9.83. The average Bonchev–Trinajstić information content (AvgIpc) is 3.34. The van der Waals surface area contributed by atoms with Crippen molar-refractivity contribution in [2.75, 3.05) is 19.6 Å². The highest BCUT2D eigenvalue weighted by atomic mass is 16.5. The summed E-state index contributed by atoms with van der Waals surface area (Å²) in [6, 6.07) is 2.12. The Morgan fingerprint density at radius 1 is 1.25 bits per heavy atom. The molecule has 0 radical (unpaired) electrons. The van der Waals surface area contributed by atoms with Crippen LogP contribution >= 0.6 is 0 Å². The van der Waals surface area contributed by atoms with E-state index < -0.39 is 0 Å². The van der Waals surface area contributed by atoms with Crippen molar-refractivity contribution in [3.05, 3.63) is 17.5 Å². The molecule has 2 fully saturated rings. The molecule has 4 nitrogen and oxygen atoms in total. The van der Waals surface area contributed by atoms with E-state index in [9.17, 15) is 0 Å². The Kier molecular flexibility index (Phi) is 4.73. The second-order valence-corrected chi connectivity index (χ2v) is 6.54. The van der Waals surface area contributed by atoms with Crippen LogP contribution < -0.4 is 5.32 Å². The fourth-order valence-corrected chi connectivity index (χ4v) is 2.66. The summed E-state index contributed by atoms with van der Waals surface area (Å²) in [6.45, 7) is 7.48. The Balaban J connectivity index is 1.48. The number of nitrogens with zero attached hydrogens (tertiary/aromatic N) is 2. The number of rotatable bonds is 10. The van der Waals surface area contributed by atoms with Crippen molar-refractivity contribution < 1.29 is 4.52 Å². The Labute approximate surface area is 121 Å². The van der Waals surface area contributed by atoms with E-state index in [0.29, 0.717) is 0 Å². The Bertz CT molecular complexity index is 396. The first-order valence-electron chi connectivity index (χ1n) is 8.21. The number of hydrogen-bond donors (Lipinski definition) is 1. The molecule has 0 spiro atoms. The van der Waals surface area contributed by atoms with Crippen molar-refractivity contribution >= 4 is 0 Å². The zero-order valence-corrected chi connectivity index (χ0v) is 12.6. The Morgan fingerprint density at radius 2 is 1.95 bits per heavy atom. The molecule has 0 amide bonds. The van der Waals surface area contributed by atoms with Gasteiger partial charge in [0.1, 0.15) is 0 Å². The zero-order chi connectivity index (χ0) is 13.8. The molecule has 1 aromatic rings. The first kappa shape index (κ1) is 14.1. The molecule has 2 aliphatic carbocycles. The molecule has 0 atom stereocenters. The van der Waals surface area contributed by atoms with Gasteiger partial charge < -0.3 is 9.84 Å². The molecular weight excluding hydrogens is 250 g/mol. The van der Waals surface area contributed by atoms with Gasteiger partial charge in [-0.3, -0.25) is 4.90 Å². The third-order valence-electron chi connectivity index (χ3n) is 4.15. The van der Waals surface area contributed by atoms with E-state index in [2.05, 4.69) is 28.4 Å². The van der Waals surface area contributed by atoms with Crippen LogP contribution in [-0.2, 0) is 13.1 Å². The van der Waals surface area contributed by atoms with Gasteiger partial charge in [0, 0.05) is 25.7 Å². The lowest BCUT2D eigenvalue weighted by Crippen LogP contribution is -2.27. The van der Waals surface area contributed by atoms with Gasteiger partial charge in [-0.1, -0.05) is 12.1 Å². The van der Waals surface area contributed by atoms with Crippen molar-refractivity contribution in [1.82, 2.24) is 15.4 Å². The summed E-state index contributed by atoms with van der Waals surface area (Å²) in [7, 11) is 0. The fourth-order valence-electron chi connectivity index (χ4n) is 2.66. The van der Waals surface area contributed by atoms with Gasteiger partial charge >= 0.3 is 0 Å². The first-order valence-corrected chi connectivity index (χ1v) is 8.21. The largest absolute Gasteiger partial charge is 0.360 e. The van der Waals surface area contributed by atoms with Crippen molar-refractivity contribution in [2.45, 2.75) is 52.1 Å². The minimum absolute atomic E-state index is 0.822. The smallest absolute Gasteiger partial charge is 0.151 e. The SMILES string of the molecule is CCCNCc1cc(CN(CC2CC2)CC2CC2)on1. The highest BCUT2D eigenvalue weighted by Gasteiger charge is 2.29. The van der Waals surface area contributed by atoms with Gasteiger partial charge in [-0.05, 0) is 50.5 Å². The zero-order valence-electron chi connectivity index (χ0n) is 12.6. The molecule has 4 heteroatoms. The van der Waals surface area contributed by atoms with E-state index >= 15 is 0 Å². The van der Waals surface area contributed by atoms with E-state index in [-0.39, 0.29) is 0 Å². The quantitative estimate of drug-likeness (QED) is 0.668. The maximum Gasteiger partial charge on any atom is 0.151 e. The van der Waals surface area contributed by atoms with Crippen molar-refractivity contribution in [3.8, 4) is 0 Å². The molecule has 112 valence electrons.